The molecule has 2 fully saturated rings. The van der Waals surface area contributed by atoms with Gasteiger partial charge in [-0.15, -0.1) is 24.0 Å². The number of hydrogen-bond donors (Lipinski definition) is 2. The van der Waals surface area contributed by atoms with Crippen LogP contribution in [0.5, 0.6) is 0 Å². The van der Waals surface area contributed by atoms with Crippen LogP contribution in [-0.4, -0.2) is 36.4 Å². The molecule has 0 radical (unpaired) electrons. The van der Waals surface area contributed by atoms with Gasteiger partial charge in [0.1, 0.15) is 0 Å². The fraction of sp³-hybridized carbons (Fsp3) is 0.652. The highest BCUT2D eigenvalue weighted by atomic mass is 127. The number of guanidine groups is 1. The average Bonchev–Trinajstić information content (AvgIpc) is 3.34. The molecular formula is C23H37IN4O. The smallest absolute Gasteiger partial charge is 0.222 e. The highest BCUT2D eigenvalue weighted by Crippen LogP contribution is 2.40. The molecule has 1 heterocycles. The predicted octanol–water partition coefficient (Wildman–Crippen LogP) is 4.45. The molecule has 162 valence electrons. The first kappa shape index (κ1) is 24.0. The molecule has 1 aliphatic carbocycles. The maximum Gasteiger partial charge on any atom is 0.222 e. The lowest BCUT2D eigenvalue weighted by Gasteiger charge is -2.28. The average molecular weight is 512 g/mol. The second-order valence-corrected chi connectivity index (χ2v) is 8.35. The second-order valence-electron chi connectivity index (χ2n) is 8.35. The first-order valence-corrected chi connectivity index (χ1v) is 11.0. The lowest BCUT2D eigenvalue weighted by molar-refractivity contribution is -0.128. The summed E-state index contributed by atoms with van der Waals surface area (Å²) in [6.07, 6.45) is 8.28. The summed E-state index contributed by atoms with van der Waals surface area (Å²) in [4.78, 5) is 18.6. The Balaban J connectivity index is 0.00000300. The molecule has 1 aliphatic heterocycles. The largest absolute Gasteiger partial charge is 0.357 e. The Bertz CT molecular complexity index is 685. The van der Waals surface area contributed by atoms with Crippen LogP contribution in [-0.2, 0) is 17.9 Å². The van der Waals surface area contributed by atoms with Crippen LogP contribution in [0.2, 0.25) is 0 Å². The van der Waals surface area contributed by atoms with Gasteiger partial charge in [0.25, 0.3) is 0 Å². The van der Waals surface area contributed by atoms with E-state index in [2.05, 4.69) is 48.7 Å². The minimum absolute atomic E-state index is 0. The normalized spacial score (nSPS) is 18.6. The molecular weight excluding hydrogens is 475 g/mol. The van der Waals surface area contributed by atoms with Crippen LogP contribution in [0.1, 0.15) is 69.9 Å². The van der Waals surface area contributed by atoms with E-state index in [9.17, 15) is 4.79 Å². The van der Waals surface area contributed by atoms with E-state index in [1.54, 1.807) is 0 Å². The predicted molar refractivity (Wildman–Crippen MR) is 131 cm³/mol. The van der Waals surface area contributed by atoms with Gasteiger partial charge < -0.3 is 15.5 Å². The molecule has 1 saturated heterocycles. The molecule has 2 aliphatic rings. The van der Waals surface area contributed by atoms with Crippen LogP contribution in [0, 0.1) is 5.41 Å². The molecule has 0 bridgehead atoms. The highest BCUT2D eigenvalue weighted by molar-refractivity contribution is 14.0. The minimum atomic E-state index is 0. The van der Waals surface area contributed by atoms with Gasteiger partial charge in [0, 0.05) is 32.6 Å². The van der Waals surface area contributed by atoms with E-state index >= 15 is 0 Å². The van der Waals surface area contributed by atoms with Crippen molar-refractivity contribution in [3.63, 3.8) is 0 Å². The van der Waals surface area contributed by atoms with Crippen LogP contribution in [0.15, 0.2) is 29.3 Å². The third-order valence-corrected chi connectivity index (χ3v) is 6.35. The number of benzene rings is 1. The molecule has 0 spiro atoms. The number of nitrogens with zero attached hydrogens (tertiary/aromatic N) is 2. The first-order valence-electron chi connectivity index (χ1n) is 11.0. The lowest BCUT2D eigenvalue weighted by atomic mass is 9.83. The number of nitrogens with one attached hydrogen (secondary N) is 2. The molecule has 1 aromatic carbocycles. The van der Waals surface area contributed by atoms with Gasteiger partial charge in [-0.3, -0.25) is 4.79 Å². The maximum absolute atomic E-state index is 11.9. The summed E-state index contributed by atoms with van der Waals surface area (Å²) >= 11 is 0. The molecule has 0 atom stereocenters. The van der Waals surface area contributed by atoms with Gasteiger partial charge >= 0.3 is 0 Å². The molecule has 5 nitrogen and oxygen atoms in total. The summed E-state index contributed by atoms with van der Waals surface area (Å²) in [6, 6.07) is 8.48. The van der Waals surface area contributed by atoms with Crippen molar-refractivity contribution in [1.29, 1.82) is 0 Å². The standard InChI is InChI=1S/C23H36N4O.HI/c1-3-23(12-5-6-13-23)18-26-22(24-4-2)25-16-19-9-7-10-20(15-19)17-27-14-8-11-21(27)28;/h7,9-10,15H,3-6,8,11-14,16-18H2,1-2H3,(H2,24,25,26);1H. The molecule has 1 aromatic rings. The van der Waals surface area contributed by atoms with Gasteiger partial charge in [-0.2, -0.15) is 0 Å². The van der Waals surface area contributed by atoms with E-state index in [0.717, 1.165) is 32.0 Å². The number of amides is 1. The zero-order valence-corrected chi connectivity index (χ0v) is 20.3. The van der Waals surface area contributed by atoms with Crippen molar-refractivity contribution in [2.75, 3.05) is 19.6 Å². The summed E-state index contributed by atoms with van der Waals surface area (Å²) in [5.41, 5.74) is 2.82. The number of halogens is 1. The zero-order valence-electron chi connectivity index (χ0n) is 18.0. The van der Waals surface area contributed by atoms with E-state index < -0.39 is 0 Å². The third kappa shape index (κ3) is 6.86. The van der Waals surface area contributed by atoms with E-state index in [-0.39, 0.29) is 29.9 Å². The molecule has 0 aromatic heterocycles. The molecule has 2 N–H and O–H groups in total. The fourth-order valence-electron chi connectivity index (χ4n) is 4.48. The summed E-state index contributed by atoms with van der Waals surface area (Å²) in [5, 5.41) is 6.97. The number of carbonyl (C=O) groups excluding carboxylic acids is 1. The van der Waals surface area contributed by atoms with Crippen LogP contribution in [0.3, 0.4) is 0 Å². The molecule has 29 heavy (non-hydrogen) atoms. The summed E-state index contributed by atoms with van der Waals surface area (Å²) in [5.74, 6) is 1.18. The van der Waals surface area contributed by atoms with Gasteiger partial charge in [0.05, 0.1) is 6.54 Å². The quantitative estimate of drug-likeness (QED) is 0.308. The van der Waals surface area contributed by atoms with Crippen LogP contribution >= 0.6 is 24.0 Å². The number of carbonyl (C=O) groups is 1. The summed E-state index contributed by atoms with van der Waals surface area (Å²) in [7, 11) is 0. The fourth-order valence-corrected chi connectivity index (χ4v) is 4.48. The monoisotopic (exact) mass is 512 g/mol. The minimum Gasteiger partial charge on any atom is -0.357 e. The Kier molecular flexibility index (Phi) is 9.72. The van der Waals surface area contributed by atoms with E-state index in [4.69, 9.17) is 4.99 Å². The summed E-state index contributed by atoms with van der Waals surface area (Å²) in [6.45, 7) is 8.54. The maximum atomic E-state index is 11.9. The number of likely N-dealkylation sites (tertiary alicyclic amines) is 1. The zero-order chi connectivity index (χ0) is 19.8. The van der Waals surface area contributed by atoms with Crippen LogP contribution in [0.4, 0.5) is 0 Å². The lowest BCUT2D eigenvalue weighted by Crippen LogP contribution is -2.42. The van der Waals surface area contributed by atoms with E-state index in [1.807, 2.05) is 4.90 Å². The SMILES string of the molecule is CCNC(=NCc1cccc(CN2CCCC2=O)c1)NCC1(CC)CCCC1.I. The molecule has 3 rings (SSSR count). The van der Waals surface area contributed by atoms with Crippen molar-refractivity contribution in [3.8, 4) is 0 Å². The third-order valence-electron chi connectivity index (χ3n) is 6.35. The van der Waals surface area contributed by atoms with Gasteiger partial charge in [0.2, 0.25) is 5.91 Å². The first-order chi connectivity index (χ1) is 13.6. The van der Waals surface area contributed by atoms with Crippen molar-refractivity contribution in [2.24, 2.45) is 10.4 Å². The van der Waals surface area contributed by atoms with Crippen molar-refractivity contribution in [1.82, 2.24) is 15.5 Å². The van der Waals surface area contributed by atoms with Crippen molar-refractivity contribution in [3.05, 3.63) is 35.4 Å². The molecule has 1 saturated carbocycles. The van der Waals surface area contributed by atoms with Gasteiger partial charge in [-0.25, -0.2) is 4.99 Å². The number of rotatable bonds is 8. The van der Waals surface area contributed by atoms with Crippen LogP contribution in [0.25, 0.3) is 0 Å². The number of hydrogen-bond acceptors (Lipinski definition) is 2. The topological polar surface area (TPSA) is 56.7 Å². The van der Waals surface area contributed by atoms with Gasteiger partial charge in [-0.1, -0.05) is 44.0 Å². The van der Waals surface area contributed by atoms with Gasteiger partial charge in [-0.05, 0) is 49.1 Å². The molecule has 6 heteroatoms. The van der Waals surface area contributed by atoms with E-state index in [0.29, 0.717) is 24.9 Å². The molecule has 1 amide bonds. The van der Waals surface area contributed by atoms with E-state index in [1.165, 1.54) is 43.2 Å². The molecule has 0 unspecified atom stereocenters. The van der Waals surface area contributed by atoms with Crippen molar-refractivity contribution >= 4 is 35.8 Å². The Hall–Kier alpha value is -1.31. The second kappa shape index (κ2) is 11.8. The number of aliphatic imine (C=N–C) groups is 1. The Labute approximate surface area is 193 Å². The summed E-state index contributed by atoms with van der Waals surface area (Å²) < 4.78 is 0. The van der Waals surface area contributed by atoms with Crippen molar-refractivity contribution < 1.29 is 4.79 Å². The highest BCUT2D eigenvalue weighted by Gasteiger charge is 2.31. The Morgan fingerprint density at radius 2 is 1.90 bits per heavy atom. The van der Waals surface area contributed by atoms with Gasteiger partial charge in [0.15, 0.2) is 5.96 Å². The van der Waals surface area contributed by atoms with Crippen LogP contribution < -0.4 is 10.6 Å². The van der Waals surface area contributed by atoms with Crippen molar-refractivity contribution in [2.45, 2.75) is 71.9 Å². The Morgan fingerprint density at radius 3 is 2.55 bits per heavy atom. The Morgan fingerprint density at radius 1 is 1.14 bits per heavy atom.